The molecule has 0 fully saturated rings. The highest BCUT2D eigenvalue weighted by atomic mass is 127. The van der Waals surface area contributed by atoms with Crippen LogP contribution in [0.25, 0.3) is 0 Å². The van der Waals surface area contributed by atoms with Crippen molar-refractivity contribution in [1.82, 2.24) is 15.5 Å². The third-order valence-corrected chi connectivity index (χ3v) is 3.77. The summed E-state index contributed by atoms with van der Waals surface area (Å²) in [5.74, 6) is 0.581. The van der Waals surface area contributed by atoms with Gasteiger partial charge in [0.1, 0.15) is 5.82 Å². The second kappa shape index (κ2) is 9.99. The van der Waals surface area contributed by atoms with E-state index in [0.29, 0.717) is 18.5 Å². The molecule has 0 saturated carbocycles. The molecule has 2 N–H and O–H groups in total. The Morgan fingerprint density at radius 2 is 1.86 bits per heavy atom. The number of likely N-dealkylation sites (N-methyl/N-ethyl adjacent to an activating group) is 1. The molecule has 0 heterocycles. The molecule has 0 unspecified atom stereocenters. The number of nitrogens with zero attached hydrogens (tertiary/aromatic N) is 2. The maximum absolute atomic E-state index is 13.5. The van der Waals surface area contributed by atoms with Gasteiger partial charge in [-0.15, -0.1) is 24.0 Å². The predicted octanol–water partition coefficient (Wildman–Crippen LogP) is 2.49. The number of halogens is 2. The van der Waals surface area contributed by atoms with Crippen LogP contribution in [0.3, 0.4) is 0 Å². The van der Waals surface area contributed by atoms with Crippen LogP contribution in [0.5, 0.6) is 0 Å². The molecule has 22 heavy (non-hydrogen) atoms. The van der Waals surface area contributed by atoms with Crippen molar-refractivity contribution in [3.8, 4) is 0 Å². The Bertz CT molecular complexity index is 475. The van der Waals surface area contributed by atoms with Crippen molar-refractivity contribution < 1.29 is 4.39 Å². The lowest BCUT2D eigenvalue weighted by Crippen LogP contribution is -2.51. The minimum absolute atomic E-state index is 0. The number of rotatable bonds is 6. The normalized spacial score (nSPS) is 12.0. The zero-order valence-corrected chi connectivity index (χ0v) is 16.4. The molecule has 0 radical (unpaired) electrons. The van der Waals surface area contributed by atoms with Crippen LogP contribution in [-0.2, 0) is 6.42 Å². The van der Waals surface area contributed by atoms with Crippen LogP contribution in [0.2, 0.25) is 0 Å². The third kappa shape index (κ3) is 6.91. The van der Waals surface area contributed by atoms with E-state index in [-0.39, 0.29) is 35.3 Å². The van der Waals surface area contributed by atoms with Crippen molar-refractivity contribution >= 4 is 29.9 Å². The van der Waals surface area contributed by atoms with E-state index in [4.69, 9.17) is 0 Å². The smallest absolute Gasteiger partial charge is 0.191 e. The number of guanidine groups is 1. The summed E-state index contributed by atoms with van der Waals surface area (Å²) in [6, 6.07) is 6.85. The summed E-state index contributed by atoms with van der Waals surface area (Å²) in [4.78, 5) is 6.35. The fourth-order valence-electron chi connectivity index (χ4n) is 1.70. The van der Waals surface area contributed by atoms with Crippen molar-refractivity contribution in [2.45, 2.75) is 25.8 Å². The first-order chi connectivity index (χ1) is 9.86. The first-order valence-corrected chi connectivity index (χ1v) is 7.22. The SMILES string of the molecule is CN=C(NCCc1ccccc1F)NCC(C)(C)N(C)C.I. The number of hydrogen-bond acceptors (Lipinski definition) is 2. The summed E-state index contributed by atoms with van der Waals surface area (Å²) < 4.78 is 13.5. The Balaban J connectivity index is 0.00000441. The first kappa shape index (κ1) is 21.1. The third-order valence-electron chi connectivity index (χ3n) is 3.77. The van der Waals surface area contributed by atoms with E-state index in [9.17, 15) is 4.39 Å². The van der Waals surface area contributed by atoms with E-state index in [1.807, 2.05) is 12.1 Å². The quantitative estimate of drug-likeness (QED) is 0.421. The highest BCUT2D eigenvalue weighted by Crippen LogP contribution is 2.08. The van der Waals surface area contributed by atoms with Gasteiger partial charge < -0.3 is 15.5 Å². The Morgan fingerprint density at radius 3 is 2.41 bits per heavy atom. The minimum atomic E-state index is -0.156. The lowest BCUT2D eigenvalue weighted by atomic mass is 10.0. The second-order valence-corrected chi connectivity index (χ2v) is 5.90. The largest absolute Gasteiger partial charge is 0.356 e. The summed E-state index contributed by atoms with van der Waals surface area (Å²) in [5, 5.41) is 6.51. The van der Waals surface area contributed by atoms with Crippen LogP contribution in [0, 0.1) is 5.82 Å². The molecule has 6 heteroatoms. The molecule has 0 atom stereocenters. The molecular weight excluding hydrogens is 394 g/mol. The van der Waals surface area contributed by atoms with Gasteiger partial charge in [-0.1, -0.05) is 18.2 Å². The summed E-state index contributed by atoms with van der Waals surface area (Å²) in [7, 11) is 5.84. The second-order valence-electron chi connectivity index (χ2n) is 5.90. The minimum Gasteiger partial charge on any atom is -0.356 e. The summed E-state index contributed by atoms with van der Waals surface area (Å²) in [6.07, 6.45) is 0.629. The van der Waals surface area contributed by atoms with Crippen LogP contribution in [0.1, 0.15) is 19.4 Å². The van der Waals surface area contributed by atoms with E-state index in [1.165, 1.54) is 6.07 Å². The van der Waals surface area contributed by atoms with E-state index in [1.54, 1.807) is 13.1 Å². The molecule has 1 aromatic rings. The van der Waals surface area contributed by atoms with Crippen molar-refractivity contribution in [1.29, 1.82) is 0 Å². The summed E-state index contributed by atoms with van der Waals surface area (Å²) >= 11 is 0. The number of hydrogen-bond donors (Lipinski definition) is 2. The van der Waals surface area contributed by atoms with Gasteiger partial charge in [0.15, 0.2) is 5.96 Å². The molecule has 0 aliphatic rings. The molecule has 0 saturated heterocycles. The predicted molar refractivity (Wildman–Crippen MR) is 103 cm³/mol. The Hall–Kier alpha value is -0.890. The van der Waals surface area contributed by atoms with Gasteiger partial charge in [0, 0.05) is 25.7 Å². The topological polar surface area (TPSA) is 39.7 Å². The van der Waals surface area contributed by atoms with Crippen molar-refractivity contribution in [2.24, 2.45) is 4.99 Å². The maximum Gasteiger partial charge on any atom is 0.191 e. The Kier molecular flexibility index (Phi) is 9.59. The van der Waals surface area contributed by atoms with Gasteiger partial charge in [-0.2, -0.15) is 0 Å². The monoisotopic (exact) mass is 422 g/mol. The molecule has 0 amide bonds. The Labute approximate surface area is 150 Å². The van der Waals surface area contributed by atoms with Crippen molar-refractivity contribution in [3.63, 3.8) is 0 Å². The maximum atomic E-state index is 13.5. The van der Waals surface area contributed by atoms with E-state index in [0.717, 1.165) is 12.5 Å². The van der Waals surface area contributed by atoms with Gasteiger partial charge in [0.05, 0.1) is 0 Å². The molecule has 0 spiro atoms. The van der Waals surface area contributed by atoms with Crippen LogP contribution in [0.15, 0.2) is 29.3 Å². The molecule has 4 nitrogen and oxygen atoms in total. The highest BCUT2D eigenvalue weighted by Gasteiger charge is 2.20. The molecular formula is C16H28FIN4. The number of nitrogens with one attached hydrogen (secondary N) is 2. The van der Waals surface area contributed by atoms with Crippen molar-refractivity contribution in [3.05, 3.63) is 35.6 Å². The number of benzene rings is 1. The zero-order valence-electron chi connectivity index (χ0n) is 14.1. The molecule has 0 bridgehead atoms. The molecule has 1 rings (SSSR count). The van der Waals surface area contributed by atoms with Gasteiger partial charge in [0.2, 0.25) is 0 Å². The van der Waals surface area contributed by atoms with Crippen LogP contribution < -0.4 is 10.6 Å². The molecule has 0 aliphatic heterocycles. The lowest BCUT2D eigenvalue weighted by Gasteiger charge is -2.33. The average molecular weight is 422 g/mol. The molecule has 0 aliphatic carbocycles. The van der Waals surface area contributed by atoms with Gasteiger partial charge in [-0.25, -0.2) is 4.39 Å². The first-order valence-electron chi connectivity index (χ1n) is 7.22. The van der Waals surface area contributed by atoms with Gasteiger partial charge >= 0.3 is 0 Å². The van der Waals surface area contributed by atoms with Gasteiger partial charge in [-0.05, 0) is 46.0 Å². The lowest BCUT2D eigenvalue weighted by molar-refractivity contribution is 0.197. The highest BCUT2D eigenvalue weighted by molar-refractivity contribution is 14.0. The van der Waals surface area contributed by atoms with Crippen LogP contribution >= 0.6 is 24.0 Å². The summed E-state index contributed by atoms with van der Waals surface area (Å²) in [5.41, 5.74) is 0.748. The fraction of sp³-hybridized carbons (Fsp3) is 0.562. The van der Waals surface area contributed by atoms with Crippen molar-refractivity contribution in [2.75, 3.05) is 34.2 Å². The van der Waals surface area contributed by atoms with E-state index >= 15 is 0 Å². The van der Waals surface area contributed by atoms with Gasteiger partial charge in [-0.3, -0.25) is 4.99 Å². The van der Waals surface area contributed by atoms with Crippen LogP contribution in [0.4, 0.5) is 4.39 Å². The van der Waals surface area contributed by atoms with E-state index < -0.39 is 0 Å². The Morgan fingerprint density at radius 1 is 1.23 bits per heavy atom. The van der Waals surface area contributed by atoms with Crippen LogP contribution in [-0.4, -0.2) is 50.6 Å². The molecule has 126 valence electrons. The zero-order chi connectivity index (χ0) is 15.9. The van der Waals surface area contributed by atoms with Gasteiger partial charge in [0.25, 0.3) is 0 Å². The average Bonchev–Trinajstić information content (AvgIpc) is 2.44. The number of aliphatic imine (C=N–C) groups is 1. The van der Waals surface area contributed by atoms with E-state index in [2.05, 4.69) is 48.5 Å². The summed E-state index contributed by atoms with van der Waals surface area (Å²) in [6.45, 7) is 5.74. The molecule has 0 aromatic heterocycles. The standard InChI is InChI=1S/C16H27FN4.HI/c1-16(2,21(4)5)12-20-15(18-3)19-11-10-13-8-6-7-9-14(13)17;/h6-9H,10-12H2,1-5H3,(H2,18,19,20);1H. The fourth-order valence-corrected chi connectivity index (χ4v) is 1.70. The molecule has 1 aromatic carbocycles.